The molecule has 0 saturated carbocycles. The lowest BCUT2D eigenvalue weighted by Crippen LogP contribution is -2.39. The summed E-state index contributed by atoms with van der Waals surface area (Å²) in [5.74, 6) is 0.0527. The zero-order valence-electron chi connectivity index (χ0n) is 23.2. The molecule has 4 aromatic rings. The molecule has 11 heteroatoms. The highest BCUT2D eigenvalue weighted by Gasteiger charge is 2.25. The number of ether oxygens (including phenoxy) is 3. The van der Waals surface area contributed by atoms with Gasteiger partial charge in [-0.25, -0.2) is 9.18 Å². The first-order valence-corrected chi connectivity index (χ1v) is 13.3. The zero-order chi connectivity index (χ0) is 28.3. The molecule has 1 saturated heterocycles. The number of hydrogen-bond acceptors (Lipinski definition) is 8. The number of anilines is 1. The Morgan fingerprint density at radius 3 is 2.62 bits per heavy atom. The summed E-state index contributed by atoms with van der Waals surface area (Å²) >= 11 is 0. The van der Waals surface area contributed by atoms with Crippen LogP contribution >= 0.6 is 0 Å². The number of aromatic amines is 1. The molecule has 1 aliphatic rings. The number of benzene rings is 2. The number of aromatic nitrogens is 3. The molecule has 2 aromatic carbocycles. The van der Waals surface area contributed by atoms with Gasteiger partial charge in [0.05, 0.1) is 12.1 Å². The summed E-state index contributed by atoms with van der Waals surface area (Å²) in [6.07, 6.45) is 0.585. The number of hydrogen-bond donors (Lipinski definition) is 1. The smallest absolute Gasteiger partial charge is 0.410 e. The van der Waals surface area contributed by atoms with Gasteiger partial charge >= 0.3 is 6.09 Å². The summed E-state index contributed by atoms with van der Waals surface area (Å²) < 4.78 is 36.2. The van der Waals surface area contributed by atoms with E-state index in [4.69, 9.17) is 18.7 Å². The second-order valence-electron chi connectivity index (χ2n) is 10.7. The van der Waals surface area contributed by atoms with Crippen LogP contribution in [0.4, 0.5) is 14.9 Å². The van der Waals surface area contributed by atoms with E-state index in [0.717, 1.165) is 24.2 Å². The lowest BCUT2D eigenvalue weighted by molar-refractivity contribution is 0.0263. The van der Waals surface area contributed by atoms with Crippen LogP contribution < -0.4 is 9.64 Å². The molecule has 0 bridgehead atoms. The van der Waals surface area contributed by atoms with Crippen LogP contribution in [0.15, 0.2) is 47.0 Å². The van der Waals surface area contributed by atoms with Gasteiger partial charge in [-0.3, -0.25) is 5.10 Å². The Morgan fingerprint density at radius 2 is 1.88 bits per heavy atom. The number of carbonyl (C=O) groups excluding carboxylic acids is 1. The van der Waals surface area contributed by atoms with E-state index in [1.54, 1.807) is 24.1 Å². The predicted octanol–water partition coefficient (Wildman–Crippen LogP) is 5.50. The molecule has 0 spiro atoms. The van der Waals surface area contributed by atoms with E-state index in [9.17, 15) is 9.18 Å². The van der Waals surface area contributed by atoms with Gasteiger partial charge in [-0.1, -0.05) is 17.3 Å². The molecule has 0 radical (unpaired) electrons. The van der Waals surface area contributed by atoms with E-state index < -0.39 is 11.4 Å². The van der Waals surface area contributed by atoms with E-state index in [1.807, 2.05) is 45.0 Å². The summed E-state index contributed by atoms with van der Waals surface area (Å²) in [7, 11) is 1.56. The molecular formula is C29H34FN5O5. The van der Waals surface area contributed by atoms with Gasteiger partial charge in [0.1, 0.15) is 23.6 Å². The van der Waals surface area contributed by atoms with Gasteiger partial charge in [-0.15, -0.1) is 0 Å². The Hall–Kier alpha value is -4.12. The van der Waals surface area contributed by atoms with Crippen molar-refractivity contribution in [2.45, 2.75) is 32.8 Å². The number of rotatable bonds is 7. The Bertz CT molecular complexity index is 1460. The molecule has 1 N–H and O–H groups in total. The summed E-state index contributed by atoms with van der Waals surface area (Å²) in [5, 5.41) is 12.0. The number of methoxy groups -OCH3 is 1. The predicted molar refractivity (Wildman–Crippen MR) is 149 cm³/mol. The molecule has 212 valence electrons. The molecule has 5 rings (SSSR count). The zero-order valence-corrected chi connectivity index (χ0v) is 23.2. The second kappa shape index (κ2) is 11.5. The summed E-state index contributed by atoms with van der Waals surface area (Å²) in [6.45, 7) is 9.06. The summed E-state index contributed by atoms with van der Waals surface area (Å²) in [4.78, 5) is 16.5. The van der Waals surface area contributed by atoms with E-state index in [1.165, 1.54) is 6.07 Å². The Balaban J connectivity index is 1.26. The van der Waals surface area contributed by atoms with E-state index in [0.29, 0.717) is 54.3 Å². The number of halogens is 1. The van der Waals surface area contributed by atoms with Crippen LogP contribution in [0.25, 0.3) is 33.6 Å². The topological polar surface area (TPSA) is 106 Å². The third kappa shape index (κ3) is 6.20. The van der Waals surface area contributed by atoms with Crippen LogP contribution in [-0.2, 0) is 9.47 Å². The molecule has 1 amide bonds. The molecule has 3 heterocycles. The van der Waals surface area contributed by atoms with Crippen LogP contribution in [0.1, 0.15) is 27.2 Å². The van der Waals surface area contributed by atoms with Crippen LogP contribution in [-0.4, -0.2) is 78.5 Å². The molecule has 10 nitrogen and oxygen atoms in total. The van der Waals surface area contributed by atoms with Crippen molar-refractivity contribution in [3.8, 4) is 28.5 Å². The first kappa shape index (κ1) is 27.4. The maximum atomic E-state index is 14.6. The summed E-state index contributed by atoms with van der Waals surface area (Å²) in [6, 6.07) is 12.8. The quantitative estimate of drug-likeness (QED) is 0.300. The SMILES string of the molecule is COCCOc1cc2[nH]nc(-c3cc(-c4ccc(N5CCCN(C(=O)OC(C)(C)C)CC5)cc4)no3)c2cc1F. The normalized spacial score (nSPS) is 14.4. The van der Waals surface area contributed by atoms with Crippen LogP contribution in [0, 0.1) is 5.82 Å². The van der Waals surface area contributed by atoms with Gasteiger partial charge in [0.15, 0.2) is 17.3 Å². The maximum absolute atomic E-state index is 14.6. The molecule has 40 heavy (non-hydrogen) atoms. The monoisotopic (exact) mass is 551 g/mol. The van der Waals surface area contributed by atoms with Gasteiger partial charge in [0.25, 0.3) is 0 Å². The van der Waals surface area contributed by atoms with E-state index >= 15 is 0 Å². The lowest BCUT2D eigenvalue weighted by atomic mass is 10.1. The van der Waals surface area contributed by atoms with Gasteiger partial charge in [-0.2, -0.15) is 5.10 Å². The number of H-pyrrole nitrogens is 1. The third-order valence-electron chi connectivity index (χ3n) is 6.58. The van der Waals surface area contributed by atoms with Gasteiger partial charge < -0.3 is 28.5 Å². The molecule has 0 unspecified atom stereocenters. The van der Waals surface area contributed by atoms with Crippen molar-refractivity contribution in [1.82, 2.24) is 20.3 Å². The molecular weight excluding hydrogens is 517 g/mol. The average molecular weight is 552 g/mol. The Kier molecular flexibility index (Phi) is 7.92. The highest BCUT2D eigenvalue weighted by molar-refractivity contribution is 5.93. The lowest BCUT2D eigenvalue weighted by Gasteiger charge is -2.27. The minimum absolute atomic E-state index is 0.125. The van der Waals surface area contributed by atoms with Crippen LogP contribution in [0.2, 0.25) is 0 Å². The highest BCUT2D eigenvalue weighted by Crippen LogP contribution is 2.33. The van der Waals surface area contributed by atoms with Gasteiger partial charge in [-0.05, 0) is 45.4 Å². The fourth-order valence-corrected chi connectivity index (χ4v) is 4.60. The van der Waals surface area contributed by atoms with E-state index in [2.05, 4.69) is 20.3 Å². The molecule has 1 fully saturated rings. The minimum atomic E-state index is -0.511. The standard InChI is InChI=1S/C29H34FN5O5/c1-29(2,3)39-28(36)35-11-5-10-34(12-13-35)20-8-6-19(7-9-20)23-17-26(40-33-23)27-21-16-22(30)25(38-15-14-37-4)18-24(21)31-32-27/h6-9,16-18H,5,10-15H2,1-4H3,(H,31,32). The largest absolute Gasteiger partial charge is 0.488 e. The van der Waals surface area contributed by atoms with E-state index in [-0.39, 0.29) is 18.4 Å². The average Bonchev–Trinajstić information content (AvgIpc) is 3.48. The van der Waals surface area contributed by atoms with Crippen molar-refractivity contribution in [2.24, 2.45) is 0 Å². The number of amides is 1. The van der Waals surface area contributed by atoms with Crippen molar-refractivity contribution in [3.63, 3.8) is 0 Å². The van der Waals surface area contributed by atoms with Crippen molar-refractivity contribution in [1.29, 1.82) is 0 Å². The van der Waals surface area contributed by atoms with Crippen molar-refractivity contribution in [3.05, 3.63) is 48.3 Å². The minimum Gasteiger partial charge on any atom is -0.488 e. The van der Waals surface area contributed by atoms with Crippen molar-refractivity contribution in [2.75, 3.05) is 51.4 Å². The Labute approximate surface area is 232 Å². The first-order chi connectivity index (χ1) is 19.2. The fraction of sp³-hybridized carbons (Fsp3) is 0.414. The molecule has 0 aliphatic carbocycles. The van der Waals surface area contributed by atoms with Crippen molar-refractivity contribution < 1.29 is 27.9 Å². The van der Waals surface area contributed by atoms with Gasteiger partial charge in [0.2, 0.25) is 0 Å². The number of nitrogens with one attached hydrogen (secondary N) is 1. The van der Waals surface area contributed by atoms with Crippen LogP contribution in [0.3, 0.4) is 0 Å². The maximum Gasteiger partial charge on any atom is 0.410 e. The first-order valence-electron chi connectivity index (χ1n) is 13.3. The molecule has 1 aliphatic heterocycles. The number of fused-ring (bicyclic) bond motifs is 1. The number of nitrogens with zero attached hydrogens (tertiary/aromatic N) is 4. The fourth-order valence-electron chi connectivity index (χ4n) is 4.60. The number of carbonyl (C=O) groups is 1. The Morgan fingerprint density at radius 1 is 1.07 bits per heavy atom. The third-order valence-corrected chi connectivity index (χ3v) is 6.58. The second-order valence-corrected chi connectivity index (χ2v) is 10.7. The molecule has 0 atom stereocenters. The van der Waals surface area contributed by atoms with Crippen molar-refractivity contribution >= 4 is 22.7 Å². The molecule has 2 aromatic heterocycles. The van der Waals surface area contributed by atoms with Crippen LogP contribution in [0.5, 0.6) is 5.75 Å². The van der Waals surface area contributed by atoms with Gasteiger partial charge in [0, 0.05) is 62.1 Å². The summed E-state index contributed by atoms with van der Waals surface area (Å²) in [5.41, 5.74) is 3.16. The highest BCUT2D eigenvalue weighted by atomic mass is 19.1.